The number of amides is 1. The van der Waals surface area contributed by atoms with Crippen molar-refractivity contribution in [1.29, 1.82) is 0 Å². The van der Waals surface area contributed by atoms with Crippen LogP contribution in [0.4, 0.5) is 0 Å². The smallest absolute Gasteiger partial charge is 0.249 e. The van der Waals surface area contributed by atoms with E-state index in [4.69, 9.17) is 4.74 Å². The average Bonchev–Trinajstić information content (AvgIpc) is 2.35. The van der Waals surface area contributed by atoms with Gasteiger partial charge in [-0.15, -0.1) is 0 Å². The quantitative estimate of drug-likeness (QED) is 0.462. The first-order chi connectivity index (χ1) is 5.20. The lowest BCUT2D eigenvalue weighted by Crippen LogP contribution is -2.37. The van der Waals surface area contributed by atoms with Gasteiger partial charge in [-0.05, 0) is 19.8 Å². The van der Waals surface area contributed by atoms with E-state index in [9.17, 15) is 4.79 Å². The first-order valence-electron chi connectivity index (χ1n) is 3.76. The van der Waals surface area contributed by atoms with Crippen LogP contribution in [-0.4, -0.2) is 22.7 Å². The number of rotatable bonds is 2. The molecule has 64 valence electrons. The highest BCUT2D eigenvalue weighted by Gasteiger charge is 2.23. The fraction of sp³-hybridized carbons (Fsp3) is 0.857. The molecule has 0 spiro atoms. The predicted molar refractivity (Wildman–Crippen MR) is 50.6 cm³/mol. The summed E-state index contributed by atoms with van der Waals surface area (Å²) in [4.78, 5) is 11.2. The second-order valence-corrected chi connectivity index (χ2v) is 4.49. The first-order valence-corrected chi connectivity index (χ1v) is 5.01. The summed E-state index contributed by atoms with van der Waals surface area (Å²) >= 11 is 2.16. The van der Waals surface area contributed by atoms with Gasteiger partial charge in [0, 0.05) is 6.61 Å². The van der Waals surface area contributed by atoms with E-state index in [1.165, 1.54) is 0 Å². The minimum Gasteiger partial charge on any atom is -0.368 e. The van der Waals surface area contributed by atoms with Crippen molar-refractivity contribution in [2.75, 3.05) is 6.61 Å². The molecule has 4 heteroatoms. The third-order valence-corrected chi connectivity index (χ3v) is 1.87. The molecule has 1 unspecified atom stereocenters. The Hall–Kier alpha value is 0.160. The normalized spacial score (nSPS) is 26.5. The number of hydrogen-bond donors (Lipinski definition) is 1. The van der Waals surface area contributed by atoms with Gasteiger partial charge in [0.05, 0.1) is 4.05 Å². The molecule has 0 aromatic rings. The summed E-state index contributed by atoms with van der Waals surface area (Å²) in [6, 6.07) is 0. The summed E-state index contributed by atoms with van der Waals surface area (Å²) in [6.45, 7) is 2.67. The van der Waals surface area contributed by atoms with Gasteiger partial charge in [-0.1, -0.05) is 22.6 Å². The van der Waals surface area contributed by atoms with Crippen LogP contribution in [0.5, 0.6) is 0 Å². The van der Waals surface area contributed by atoms with Crippen molar-refractivity contribution in [3.05, 3.63) is 0 Å². The van der Waals surface area contributed by atoms with Gasteiger partial charge in [0.2, 0.25) is 5.91 Å². The minimum absolute atomic E-state index is 0.0319. The molecule has 1 saturated heterocycles. The average molecular weight is 269 g/mol. The molecule has 1 fully saturated rings. The highest BCUT2D eigenvalue weighted by atomic mass is 127. The summed E-state index contributed by atoms with van der Waals surface area (Å²) in [7, 11) is 0. The van der Waals surface area contributed by atoms with Crippen molar-refractivity contribution in [3.8, 4) is 0 Å². The van der Waals surface area contributed by atoms with E-state index in [0.29, 0.717) is 0 Å². The molecule has 2 atom stereocenters. The van der Waals surface area contributed by atoms with Gasteiger partial charge in [-0.2, -0.15) is 0 Å². The van der Waals surface area contributed by atoms with Crippen LogP contribution in [-0.2, 0) is 9.53 Å². The van der Waals surface area contributed by atoms with Gasteiger partial charge in [-0.3, -0.25) is 4.79 Å². The Morgan fingerprint density at radius 3 is 3.00 bits per heavy atom. The number of alkyl halides is 1. The summed E-state index contributed by atoms with van der Waals surface area (Å²) in [5, 5.41) is 2.81. The van der Waals surface area contributed by atoms with Gasteiger partial charge < -0.3 is 10.1 Å². The second kappa shape index (κ2) is 4.25. The van der Waals surface area contributed by atoms with E-state index < -0.39 is 0 Å². The molecule has 0 aromatic heterocycles. The van der Waals surface area contributed by atoms with Gasteiger partial charge in [0.25, 0.3) is 0 Å². The summed E-state index contributed by atoms with van der Waals surface area (Å²) in [6.07, 6.45) is 1.69. The van der Waals surface area contributed by atoms with E-state index >= 15 is 0 Å². The molecule has 1 N–H and O–H groups in total. The lowest BCUT2D eigenvalue weighted by atomic mass is 10.2. The molecule has 0 aromatic carbocycles. The maximum absolute atomic E-state index is 11.2. The predicted octanol–water partition coefficient (Wildman–Crippen LogP) is 1.06. The van der Waals surface area contributed by atoms with Crippen LogP contribution in [0, 0.1) is 0 Å². The molecule has 1 aliphatic heterocycles. The molecule has 0 saturated carbocycles. The topological polar surface area (TPSA) is 38.3 Å². The Balaban J connectivity index is 2.28. The Morgan fingerprint density at radius 1 is 1.82 bits per heavy atom. The zero-order valence-electron chi connectivity index (χ0n) is 6.47. The highest BCUT2D eigenvalue weighted by molar-refractivity contribution is 14.1. The zero-order valence-corrected chi connectivity index (χ0v) is 8.63. The third-order valence-electron chi connectivity index (χ3n) is 1.56. The standard InChI is InChI=1S/C7H12INO2/c1-5(8)9-7(10)6-3-2-4-11-6/h5-6H,2-4H2,1H3,(H,9,10)/t5?,6-/m1/s1. The Labute approximate surface area is 80.0 Å². The van der Waals surface area contributed by atoms with Crippen LogP contribution >= 0.6 is 22.6 Å². The van der Waals surface area contributed by atoms with Crippen LogP contribution in [0.15, 0.2) is 0 Å². The molecule has 3 nitrogen and oxygen atoms in total. The van der Waals surface area contributed by atoms with E-state index in [1.54, 1.807) is 0 Å². The van der Waals surface area contributed by atoms with Crippen molar-refractivity contribution in [3.63, 3.8) is 0 Å². The Kier molecular flexibility index (Phi) is 3.58. The summed E-state index contributed by atoms with van der Waals surface area (Å²) in [5.41, 5.74) is 0. The van der Waals surface area contributed by atoms with E-state index in [2.05, 4.69) is 27.9 Å². The minimum atomic E-state index is -0.188. The van der Waals surface area contributed by atoms with Gasteiger partial charge in [0.1, 0.15) is 6.10 Å². The van der Waals surface area contributed by atoms with Crippen LogP contribution in [0.2, 0.25) is 0 Å². The van der Waals surface area contributed by atoms with Crippen molar-refractivity contribution in [1.82, 2.24) is 5.32 Å². The molecule has 0 radical (unpaired) electrons. The van der Waals surface area contributed by atoms with Crippen LogP contribution in [0.1, 0.15) is 19.8 Å². The number of hydrogen-bond acceptors (Lipinski definition) is 2. The monoisotopic (exact) mass is 269 g/mol. The Bertz CT molecular complexity index is 143. The SMILES string of the molecule is CC(I)NC(=O)[C@H]1CCCO1. The molecular weight excluding hydrogens is 257 g/mol. The fourth-order valence-electron chi connectivity index (χ4n) is 1.07. The van der Waals surface area contributed by atoms with Crippen LogP contribution < -0.4 is 5.32 Å². The summed E-state index contributed by atoms with van der Waals surface area (Å²) in [5.74, 6) is 0.0319. The lowest BCUT2D eigenvalue weighted by Gasteiger charge is -2.11. The van der Waals surface area contributed by atoms with E-state index in [0.717, 1.165) is 19.4 Å². The maximum Gasteiger partial charge on any atom is 0.249 e. The van der Waals surface area contributed by atoms with Crippen molar-refractivity contribution >= 4 is 28.5 Å². The number of nitrogens with one attached hydrogen (secondary N) is 1. The maximum atomic E-state index is 11.2. The molecule has 1 aliphatic rings. The number of ether oxygens (including phenoxy) is 1. The van der Waals surface area contributed by atoms with E-state index in [-0.39, 0.29) is 16.1 Å². The van der Waals surface area contributed by atoms with Gasteiger partial charge in [-0.25, -0.2) is 0 Å². The van der Waals surface area contributed by atoms with Crippen molar-refractivity contribution in [2.24, 2.45) is 0 Å². The number of halogens is 1. The fourth-order valence-corrected chi connectivity index (χ4v) is 1.38. The number of carbonyl (C=O) groups is 1. The van der Waals surface area contributed by atoms with Crippen LogP contribution in [0.3, 0.4) is 0 Å². The van der Waals surface area contributed by atoms with Crippen molar-refractivity contribution < 1.29 is 9.53 Å². The highest BCUT2D eigenvalue weighted by Crippen LogP contribution is 2.12. The van der Waals surface area contributed by atoms with Crippen molar-refractivity contribution in [2.45, 2.75) is 29.9 Å². The van der Waals surface area contributed by atoms with E-state index in [1.807, 2.05) is 6.92 Å². The molecule has 1 rings (SSSR count). The largest absolute Gasteiger partial charge is 0.368 e. The Morgan fingerprint density at radius 2 is 2.55 bits per heavy atom. The van der Waals surface area contributed by atoms with Gasteiger partial charge in [0.15, 0.2) is 0 Å². The molecule has 0 aliphatic carbocycles. The molecule has 1 amide bonds. The second-order valence-electron chi connectivity index (χ2n) is 2.63. The molecule has 0 bridgehead atoms. The lowest BCUT2D eigenvalue weighted by molar-refractivity contribution is -0.130. The molecule has 1 heterocycles. The summed E-state index contributed by atoms with van der Waals surface area (Å²) < 4.78 is 5.38. The molecular formula is C7H12INO2. The van der Waals surface area contributed by atoms with Gasteiger partial charge >= 0.3 is 0 Å². The zero-order chi connectivity index (χ0) is 8.27. The van der Waals surface area contributed by atoms with Crippen LogP contribution in [0.25, 0.3) is 0 Å². The third kappa shape index (κ3) is 2.94. The molecule has 11 heavy (non-hydrogen) atoms. The number of carbonyl (C=O) groups excluding carboxylic acids is 1. The first kappa shape index (κ1) is 9.25.